The Balaban J connectivity index is 1.49. The molecule has 1 aliphatic rings. The molecule has 1 heterocycles. The summed E-state index contributed by atoms with van der Waals surface area (Å²) in [7, 11) is -3.88. The Morgan fingerprint density at radius 3 is 2.39 bits per heavy atom. The van der Waals surface area contributed by atoms with Crippen molar-refractivity contribution in [1.82, 2.24) is 9.21 Å². The number of halogens is 2. The first-order valence-electron chi connectivity index (χ1n) is 8.89. The first-order valence-corrected chi connectivity index (χ1v) is 10.3. The van der Waals surface area contributed by atoms with E-state index in [0.29, 0.717) is 25.3 Å². The van der Waals surface area contributed by atoms with Crippen LogP contribution in [0.1, 0.15) is 6.42 Å². The molecule has 1 N–H and O–H groups in total. The summed E-state index contributed by atoms with van der Waals surface area (Å²) in [5.41, 5.74) is 0.394. The number of piperazine rings is 1. The number of nitrogens with zero attached hydrogens (tertiary/aromatic N) is 2. The van der Waals surface area contributed by atoms with Crippen LogP contribution in [0.2, 0.25) is 0 Å². The molecule has 0 radical (unpaired) electrons. The minimum absolute atomic E-state index is 0.205. The van der Waals surface area contributed by atoms with Crippen molar-refractivity contribution in [3.8, 4) is 0 Å². The summed E-state index contributed by atoms with van der Waals surface area (Å²) in [5.74, 6) is -1.43. The van der Waals surface area contributed by atoms with E-state index in [4.69, 9.17) is 0 Å². The van der Waals surface area contributed by atoms with Crippen LogP contribution in [-0.4, -0.2) is 56.3 Å². The molecular formula is C19H21F2N3O3S. The van der Waals surface area contributed by atoms with Crippen molar-refractivity contribution < 1.29 is 22.0 Å². The van der Waals surface area contributed by atoms with Crippen LogP contribution in [0, 0.1) is 11.6 Å². The van der Waals surface area contributed by atoms with Gasteiger partial charge in [-0.1, -0.05) is 18.2 Å². The van der Waals surface area contributed by atoms with E-state index in [0.717, 1.165) is 6.07 Å². The van der Waals surface area contributed by atoms with Crippen LogP contribution in [-0.2, 0) is 14.8 Å². The zero-order chi connectivity index (χ0) is 20.1. The van der Waals surface area contributed by atoms with E-state index in [1.54, 1.807) is 6.07 Å². The normalized spacial score (nSPS) is 16.1. The lowest BCUT2D eigenvalue weighted by Gasteiger charge is -2.33. The van der Waals surface area contributed by atoms with Gasteiger partial charge in [-0.15, -0.1) is 0 Å². The molecule has 2 aromatic rings. The summed E-state index contributed by atoms with van der Waals surface area (Å²) >= 11 is 0. The van der Waals surface area contributed by atoms with Gasteiger partial charge in [0, 0.05) is 44.8 Å². The Morgan fingerprint density at radius 1 is 1.00 bits per heavy atom. The smallest absolute Gasteiger partial charge is 0.246 e. The van der Waals surface area contributed by atoms with E-state index < -0.39 is 21.7 Å². The second-order valence-corrected chi connectivity index (χ2v) is 8.39. The lowest BCUT2D eigenvalue weighted by atomic mass is 10.2. The van der Waals surface area contributed by atoms with Crippen LogP contribution in [0.4, 0.5) is 14.5 Å². The highest BCUT2D eigenvalue weighted by molar-refractivity contribution is 7.89. The van der Waals surface area contributed by atoms with Gasteiger partial charge in [-0.3, -0.25) is 4.79 Å². The maximum atomic E-state index is 13.8. The van der Waals surface area contributed by atoms with Gasteiger partial charge < -0.3 is 10.2 Å². The van der Waals surface area contributed by atoms with Crippen molar-refractivity contribution in [2.45, 2.75) is 11.3 Å². The van der Waals surface area contributed by atoms with Crippen LogP contribution in [0.3, 0.4) is 0 Å². The van der Waals surface area contributed by atoms with Gasteiger partial charge in [0.1, 0.15) is 16.5 Å². The highest BCUT2D eigenvalue weighted by atomic mass is 32.2. The summed E-state index contributed by atoms with van der Waals surface area (Å²) < 4.78 is 53.4. The minimum atomic E-state index is -3.88. The lowest BCUT2D eigenvalue weighted by molar-refractivity contribution is -0.116. The minimum Gasteiger partial charge on any atom is -0.326 e. The molecule has 9 heteroatoms. The first-order chi connectivity index (χ1) is 13.4. The van der Waals surface area contributed by atoms with Crippen LogP contribution < -0.4 is 5.32 Å². The fourth-order valence-electron chi connectivity index (χ4n) is 3.04. The summed E-state index contributed by atoms with van der Waals surface area (Å²) in [6, 6.07) is 11.0. The maximum Gasteiger partial charge on any atom is 0.246 e. The maximum absolute atomic E-state index is 13.8. The van der Waals surface area contributed by atoms with E-state index in [1.807, 2.05) is 4.90 Å². The molecule has 28 heavy (non-hydrogen) atoms. The molecule has 3 rings (SSSR count). The first kappa shape index (κ1) is 20.4. The third-order valence-electron chi connectivity index (χ3n) is 4.55. The van der Waals surface area contributed by atoms with Gasteiger partial charge in [0.15, 0.2) is 0 Å². The van der Waals surface area contributed by atoms with Gasteiger partial charge >= 0.3 is 0 Å². The van der Waals surface area contributed by atoms with Crippen molar-refractivity contribution in [1.29, 1.82) is 0 Å². The Bertz CT molecular complexity index is 945. The number of rotatable bonds is 6. The van der Waals surface area contributed by atoms with E-state index in [1.165, 1.54) is 40.7 Å². The number of carbonyl (C=O) groups excluding carboxylic acids is 1. The van der Waals surface area contributed by atoms with Gasteiger partial charge in [-0.2, -0.15) is 4.31 Å². The number of benzene rings is 2. The third kappa shape index (κ3) is 4.92. The highest BCUT2D eigenvalue weighted by Gasteiger charge is 2.30. The molecule has 1 fully saturated rings. The second-order valence-electron chi connectivity index (χ2n) is 6.48. The zero-order valence-corrected chi connectivity index (χ0v) is 16.0. The monoisotopic (exact) mass is 409 g/mol. The number of carbonyl (C=O) groups is 1. The number of amides is 1. The summed E-state index contributed by atoms with van der Waals surface area (Å²) in [4.78, 5) is 13.7. The predicted octanol–water partition coefficient (Wildman–Crippen LogP) is 2.30. The van der Waals surface area contributed by atoms with Gasteiger partial charge in [0.05, 0.1) is 0 Å². The zero-order valence-electron chi connectivity index (χ0n) is 15.1. The molecule has 0 aliphatic carbocycles. The molecule has 0 aromatic heterocycles. The molecule has 0 bridgehead atoms. The Hall–Kier alpha value is -2.36. The predicted molar refractivity (Wildman–Crippen MR) is 101 cm³/mol. The number of anilines is 1. The van der Waals surface area contributed by atoms with Crippen LogP contribution >= 0.6 is 0 Å². The standard InChI is InChI=1S/C19H21F2N3O3S/c20-15-4-3-5-16(14-15)22-19(25)8-9-23-10-12-24(13-11-23)28(26,27)18-7-2-1-6-17(18)21/h1-7,14H,8-13H2,(H,22,25). The largest absolute Gasteiger partial charge is 0.326 e. The third-order valence-corrected chi connectivity index (χ3v) is 6.48. The van der Waals surface area contributed by atoms with Gasteiger partial charge in [-0.05, 0) is 30.3 Å². The molecule has 2 aromatic carbocycles. The van der Waals surface area contributed by atoms with E-state index in [2.05, 4.69) is 5.32 Å². The average molecular weight is 409 g/mol. The molecule has 0 spiro atoms. The van der Waals surface area contributed by atoms with Crippen molar-refractivity contribution in [2.75, 3.05) is 38.0 Å². The summed E-state index contributed by atoms with van der Waals surface area (Å²) in [6.07, 6.45) is 0.205. The van der Waals surface area contributed by atoms with Crippen LogP contribution in [0.25, 0.3) is 0 Å². The Labute approximate surface area is 162 Å². The molecule has 0 saturated carbocycles. The Morgan fingerprint density at radius 2 is 1.71 bits per heavy atom. The molecule has 150 valence electrons. The topological polar surface area (TPSA) is 69.7 Å². The number of sulfonamides is 1. The number of hydrogen-bond acceptors (Lipinski definition) is 4. The van der Waals surface area contributed by atoms with Crippen LogP contribution in [0.5, 0.6) is 0 Å². The van der Waals surface area contributed by atoms with Gasteiger partial charge in [0.25, 0.3) is 0 Å². The molecule has 6 nitrogen and oxygen atoms in total. The molecule has 1 aliphatic heterocycles. The second kappa shape index (κ2) is 8.76. The van der Waals surface area contributed by atoms with Crippen molar-refractivity contribution in [2.24, 2.45) is 0 Å². The molecule has 1 saturated heterocycles. The molecule has 0 unspecified atom stereocenters. The number of nitrogens with one attached hydrogen (secondary N) is 1. The SMILES string of the molecule is O=C(CCN1CCN(S(=O)(=O)c2ccccc2F)CC1)Nc1cccc(F)c1. The van der Waals surface area contributed by atoms with Crippen LogP contribution in [0.15, 0.2) is 53.4 Å². The fraction of sp³-hybridized carbons (Fsp3) is 0.316. The molecule has 0 atom stereocenters. The van der Waals surface area contributed by atoms with Gasteiger partial charge in [-0.25, -0.2) is 17.2 Å². The van der Waals surface area contributed by atoms with E-state index in [9.17, 15) is 22.0 Å². The highest BCUT2D eigenvalue weighted by Crippen LogP contribution is 2.20. The fourth-order valence-corrected chi connectivity index (χ4v) is 4.52. The molecular weight excluding hydrogens is 388 g/mol. The summed E-state index contributed by atoms with van der Waals surface area (Å²) in [6.45, 7) is 1.79. The molecule has 1 amide bonds. The quantitative estimate of drug-likeness (QED) is 0.795. The van der Waals surface area contributed by atoms with E-state index in [-0.39, 0.29) is 30.3 Å². The summed E-state index contributed by atoms with van der Waals surface area (Å²) in [5, 5.41) is 2.63. The number of hydrogen-bond donors (Lipinski definition) is 1. The lowest BCUT2D eigenvalue weighted by Crippen LogP contribution is -2.49. The van der Waals surface area contributed by atoms with Gasteiger partial charge in [0.2, 0.25) is 15.9 Å². The van der Waals surface area contributed by atoms with Crippen molar-refractivity contribution >= 4 is 21.6 Å². The van der Waals surface area contributed by atoms with Crippen molar-refractivity contribution in [3.05, 3.63) is 60.2 Å². The van der Waals surface area contributed by atoms with Crippen molar-refractivity contribution in [3.63, 3.8) is 0 Å². The average Bonchev–Trinajstić information content (AvgIpc) is 2.67. The van der Waals surface area contributed by atoms with E-state index >= 15 is 0 Å². The Kier molecular flexibility index (Phi) is 6.38.